The first kappa shape index (κ1) is 30.6. The number of imidazole rings is 1. The summed E-state index contributed by atoms with van der Waals surface area (Å²) in [4.78, 5) is 24.3. The van der Waals surface area contributed by atoms with E-state index in [1.54, 1.807) is 22.0 Å². The molecule has 0 spiro atoms. The maximum Gasteiger partial charge on any atom is 0.410 e. The second kappa shape index (κ2) is 11.8. The number of carbonyl (C=O) groups excluding carboxylic acids is 1. The van der Waals surface area contributed by atoms with Gasteiger partial charge < -0.3 is 19.7 Å². The molecule has 6 rings (SSSR count). The molecule has 3 aromatic heterocycles. The number of ether oxygens (including phenoxy) is 2. The van der Waals surface area contributed by atoms with Crippen LogP contribution >= 0.6 is 11.8 Å². The van der Waals surface area contributed by atoms with Crippen molar-refractivity contribution in [1.29, 1.82) is 0 Å². The fourth-order valence-corrected chi connectivity index (χ4v) is 9.19. The molecule has 2 atom stereocenters. The number of amides is 1. The molecule has 0 radical (unpaired) electrons. The lowest BCUT2D eigenvalue weighted by Gasteiger charge is -2.30. The minimum atomic E-state index is -3.55. The van der Waals surface area contributed by atoms with E-state index in [0.29, 0.717) is 68.0 Å². The second-order valence-electron chi connectivity index (χ2n) is 12.2. The van der Waals surface area contributed by atoms with Crippen LogP contribution in [-0.4, -0.2) is 97.4 Å². The van der Waals surface area contributed by atoms with Crippen LogP contribution in [0.25, 0.3) is 22.5 Å². The van der Waals surface area contributed by atoms with Gasteiger partial charge in [-0.3, -0.25) is 9.08 Å². The van der Waals surface area contributed by atoms with E-state index in [9.17, 15) is 13.2 Å². The number of aryl methyl sites for hydroxylation is 1. The summed E-state index contributed by atoms with van der Waals surface area (Å²) in [6, 6.07) is 0. The fraction of sp³-hybridized carbons (Fsp3) is 0.517. The number of morpholine rings is 1. The van der Waals surface area contributed by atoms with Crippen LogP contribution in [0, 0.1) is 5.92 Å². The molecule has 44 heavy (non-hydrogen) atoms. The number of hydrogen-bond acceptors (Lipinski definition) is 10. The number of hydrogen-bond donors (Lipinski definition) is 1. The van der Waals surface area contributed by atoms with Crippen LogP contribution in [-0.2, 0) is 26.5 Å². The van der Waals surface area contributed by atoms with E-state index in [2.05, 4.69) is 16.5 Å². The quantitative estimate of drug-likeness (QED) is 0.423. The summed E-state index contributed by atoms with van der Waals surface area (Å²) in [6.07, 6.45) is 11.7. The second-order valence-corrected chi connectivity index (χ2v) is 15.7. The van der Waals surface area contributed by atoms with Crippen molar-refractivity contribution in [1.82, 2.24) is 33.4 Å². The van der Waals surface area contributed by atoms with Crippen LogP contribution in [0.15, 0.2) is 42.0 Å². The third-order valence-corrected chi connectivity index (χ3v) is 11.8. The monoisotopic (exact) mass is 642 g/mol. The Hall–Kier alpha value is -3.40. The van der Waals surface area contributed by atoms with E-state index >= 15 is 0 Å². The summed E-state index contributed by atoms with van der Waals surface area (Å²) in [6.45, 7) is 9.90. The van der Waals surface area contributed by atoms with E-state index in [1.165, 1.54) is 16.1 Å². The highest BCUT2D eigenvalue weighted by molar-refractivity contribution is 8.15. The maximum absolute atomic E-state index is 13.5. The minimum absolute atomic E-state index is 0.219. The number of nitrogens with zero attached hydrogens (tertiary/aromatic N) is 7. The molecule has 6 heterocycles. The molecule has 1 N–H and O–H groups in total. The predicted octanol–water partition coefficient (Wildman–Crippen LogP) is 3.78. The molecule has 3 aromatic rings. The zero-order valence-corrected chi connectivity index (χ0v) is 27.2. The zero-order chi connectivity index (χ0) is 31.2. The first-order valence-electron chi connectivity index (χ1n) is 14.7. The van der Waals surface area contributed by atoms with Crippen LogP contribution in [0.1, 0.15) is 39.8 Å². The van der Waals surface area contributed by atoms with Crippen molar-refractivity contribution in [3.05, 3.63) is 47.7 Å². The number of rotatable bonds is 6. The van der Waals surface area contributed by atoms with E-state index in [-0.39, 0.29) is 12.0 Å². The molecule has 0 aromatic carbocycles. The molecule has 3 aliphatic heterocycles. The molecule has 1 saturated heterocycles. The first-order valence-corrected chi connectivity index (χ1v) is 17.0. The molecule has 236 valence electrons. The van der Waals surface area contributed by atoms with Crippen LogP contribution < -0.4 is 5.32 Å². The van der Waals surface area contributed by atoms with Crippen molar-refractivity contribution in [2.75, 3.05) is 44.7 Å². The lowest BCUT2D eigenvalue weighted by molar-refractivity contribution is 0.0273. The number of fused-ring (bicyclic) bond motifs is 1. The molecular formula is C29H38N8O5S2. The van der Waals surface area contributed by atoms with Gasteiger partial charge in [0.1, 0.15) is 10.2 Å². The molecule has 0 bridgehead atoms. The number of carbonyl (C=O) groups is 1. The third kappa shape index (κ3) is 6.23. The van der Waals surface area contributed by atoms with Crippen molar-refractivity contribution in [3.63, 3.8) is 0 Å². The highest BCUT2D eigenvalue weighted by Gasteiger charge is 2.41. The molecule has 1 fully saturated rings. The smallest absolute Gasteiger partial charge is 0.410 e. The minimum Gasteiger partial charge on any atom is -0.444 e. The van der Waals surface area contributed by atoms with Crippen LogP contribution in [0.5, 0.6) is 0 Å². The summed E-state index contributed by atoms with van der Waals surface area (Å²) in [5.41, 5.74) is 3.25. The molecule has 3 aliphatic rings. The van der Waals surface area contributed by atoms with Gasteiger partial charge in [-0.1, -0.05) is 24.8 Å². The topological polar surface area (TPSA) is 136 Å². The molecule has 0 aliphatic carbocycles. The number of anilines is 1. The van der Waals surface area contributed by atoms with Gasteiger partial charge in [0.15, 0.2) is 11.5 Å². The highest BCUT2D eigenvalue weighted by atomic mass is 32.3. The molecular weight excluding hydrogens is 605 g/mol. The Morgan fingerprint density at radius 2 is 1.93 bits per heavy atom. The van der Waals surface area contributed by atoms with Crippen LogP contribution in [0.4, 0.5) is 10.6 Å². The van der Waals surface area contributed by atoms with Gasteiger partial charge in [0, 0.05) is 50.6 Å². The predicted molar refractivity (Wildman–Crippen MR) is 169 cm³/mol. The van der Waals surface area contributed by atoms with Crippen molar-refractivity contribution >= 4 is 44.9 Å². The summed E-state index contributed by atoms with van der Waals surface area (Å²) in [5, 5.41) is 8.43. The first-order chi connectivity index (χ1) is 20.9. The Bertz CT molecular complexity index is 1730. The average Bonchev–Trinajstić information content (AvgIpc) is 3.71. The molecule has 1 amide bonds. The van der Waals surface area contributed by atoms with Gasteiger partial charge in [-0.2, -0.15) is 9.40 Å². The normalized spacial score (nSPS) is 21.8. The number of aromatic nitrogens is 5. The van der Waals surface area contributed by atoms with E-state index in [4.69, 9.17) is 19.4 Å². The Kier molecular flexibility index (Phi) is 8.24. The maximum atomic E-state index is 13.5. The zero-order valence-electron chi connectivity index (χ0n) is 25.6. The van der Waals surface area contributed by atoms with Gasteiger partial charge in [-0.25, -0.2) is 23.2 Å². The van der Waals surface area contributed by atoms with Crippen molar-refractivity contribution in [2.45, 2.75) is 44.3 Å². The third-order valence-electron chi connectivity index (χ3n) is 7.58. The van der Waals surface area contributed by atoms with Crippen molar-refractivity contribution < 1.29 is 22.7 Å². The molecule has 0 saturated carbocycles. The largest absolute Gasteiger partial charge is 0.444 e. The summed E-state index contributed by atoms with van der Waals surface area (Å²) >= 11 is 1.29. The highest BCUT2D eigenvalue weighted by Crippen LogP contribution is 2.41. The van der Waals surface area contributed by atoms with Crippen LogP contribution in [0.3, 0.4) is 0 Å². The standard InChI is InChI=1S/C29H38N8O5S2/c1-19-13-24(43-27(19)44(39,40)36-9-11-41-12-10-36)33-25-26-30-15-23(21-14-31-34(5)16-21)37(26)18-22(32-25)20-7-6-8-35(17-20)28(38)42-29(2,3)4/h7,13-16,18-19,27H,6,8-12,17H2,1-5H3,(H,32,33). The Balaban J connectivity index is 1.33. The van der Waals surface area contributed by atoms with E-state index in [0.717, 1.165) is 16.8 Å². The SMILES string of the molecule is CC1C=C(Nc2nc(C3=CCCN(C(=O)OC(C)(C)C)C3)cn3c(-c4cnn(C)c4)cnc23)SC1S(=O)(=O)N1CCOCC1. The lowest BCUT2D eigenvalue weighted by atomic mass is 10.1. The van der Waals surface area contributed by atoms with E-state index in [1.807, 2.05) is 57.6 Å². The van der Waals surface area contributed by atoms with Gasteiger partial charge in [-0.05, 0) is 38.8 Å². The lowest BCUT2D eigenvalue weighted by Crippen LogP contribution is -2.45. The Labute approximate surface area is 261 Å². The number of allylic oxidation sites excluding steroid dienone is 1. The van der Waals surface area contributed by atoms with Gasteiger partial charge in [0.25, 0.3) is 0 Å². The molecule has 2 unspecified atom stereocenters. The van der Waals surface area contributed by atoms with Gasteiger partial charge in [-0.15, -0.1) is 0 Å². The number of sulfonamides is 1. The number of thioether (sulfide) groups is 1. The van der Waals surface area contributed by atoms with Crippen molar-refractivity contribution in [3.8, 4) is 11.3 Å². The summed E-state index contributed by atoms with van der Waals surface area (Å²) in [7, 11) is -1.69. The fourth-order valence-electron chi connectivity index (χ4n) is 5.46. The Morgan fingerprint density at radius 1 is 1.16 bits per heavy atom. The Morgan fingerprint density at radius 3 is 2.64 bits per heavy atom. The molecule has 15 heteroatoms. The van der Waals surface area contributed by atoms with Gasteiger partial charge in [0.2, 0.25) is 10.0 Å². The van der Waals surface area contributed by atoms with E-state index < -0.39 is 20.2 Å². The summed E-state index contributed by atoms with van der Waals surface area (Å²) in [5.74, 6) is 0.270. The number of nitrogens with one attached hydrogen (secondary N) is 1. The van der Waals surface area contributed by atoms with Crippen molar-refractivity contribution in [2.24, 2.45) is 13.0 Å². The summed E-state index contributed by atoms with van der Waals surface area (Å²) < 4.78 is 42.6. The van der Waals surface area contributed by atoms with Crippen LogP contribution in [0.2, 0.25) is 0 Å². The average molecular weight is 643 g/mol. The molecule has 13 nitrogen and oxygen atoms in total. The van der Waals surface area contributed by atoms with Gasteiger partial charge in [0.05, 0.1) is 48.6 Å². The van der Waals surface area contributed by atoms with Gasteiger partial charge >= 0.3 is 6.09 Å².